The molecule has 5 heteroatoms. The van der Waals surface area contributed by atoms with Crippen LogP contribution in [0.1, 0.15) is 30.2 Å². The first-order valence-corrected chi connectivity index (χ1v) is 6.42. The van der Waals surface area contributed by atoms with Crippen LogP contribution in [-0.2, 0) is 11.3 Å². The highest BCUT2D eigenvalue weighted by Crippen LogP contribution is 2.24. The summed E-state index contributed by atoms with van der Waals surface area (Å²) in [6.45, 7) is 7.24. The van der Waals surface area contributed by atoms with Gasteiger partial charge in [-0.3, -0.25) is 14.7 Å². The third-order valence-corrected chi connectivity index (χ3v) is 3.02. The highest BCUT2D eigenvalue weighted by Gasteiger charge is 2.14. The number of hydrogen-bond acceptors (Lipinski definition) is 4. The van der Waals surface area contributed by atoms with Crippen molar-refractivity contribution < 1.29 is 14.6 Å². The summed E-state index contributed by atoms with van der Waals surface area (Å²) in [5.41, 5.74) is 2.84. The normalized spacial score (nSPS) is 10.8. The van der Waals surface area contributed by atoms with Crippen molar-refractivity contribution in [2.45, 2.75) is 33.7 Å². The van der Waals surface area contributed by atoms with Crippen molar-refractivity contribution >= 4 is 5.97 Å². The first-order valence-electron chi connectivity index (χ1n) is 6.42. The fraction of sp³-hybridized carbons (Fsp3) is 0.571. The van der Waals surface area contributed by atoms with Gasteiger partial charge in [-0.15, -0.1) is 0 Å². The van der Waals surface area contributed by atoms with Crippen molar-refractivity contribution in [3.63, 3.8) is 0 Å². The Bertz CT molecular complexity index is 447. The molecule has 1 aromatic rings. The molecular weight excluding hydrogens is 244 g/mol. The van der Waals surface area contributed by atoms with Crippen LogP contribution in [0, 0.1) is 13.8 Å². The molecule has 0 aromatic carbocycles. The maximum Gasteiger partial charge on any atom is 0.317 e. The molecule has 0 saturated carbocycles. The van der Waals surface area contributed by atoms with Gasteiger partial charge in [0.15, 0.2) is 0 Å². The second-order valence-corrected chi connectivity index (χ2v) is 4.65. The summed E-state index contributed by atoms with van der Waals surface area (Å²) in [7, 11) is 1.64. The van der Waals surface area contributed by atoms with Gasteiger partial charge in [0, 0.05) is 23.9 Å². The number of aromatic nitrogens is 1. The second-order valence-electron chi connectivity index (χ2n) is 4.65. The van der Waals surface area contributed by atoms with E-state index in [2.05, 4.69) is 4.98 Å². The molecule has 0 atom stereocenters. The number of carbonyl (C=O) groups is 1. The van der Waals surface area contributed by atoms with Crippen LogP contribution in [0.5, 0.6) is 5.75 Å². The number of nitrogens with zero attached hydrogens (tertiary/aromatic N) is 2. The smallest absolute Gasteiger partial charge is 0.317 e. The molecule has 0 bridgehead atoms. The van der Waals surface area contributed by atoms with Crippen molar-refractivity contribution in [1.29, 1.82) is 0 Å². The van der Waals surface area contributed by atoms with Gasteiger partial charge in [-0.05, 0) is 26.8 Å². The van der Waals surface area contributed by atoms with E-state index < -0.39 is 5.97 Å². The molecule has 0 amide bonds. The van der Waals surface area contributed by atoms with E-state index in [1.54, 1.807) is 13.3 Å². The Balaban J connectivity index is 2.93. The van der Waals surface area contributed by atoms with Crippen molar-refractivity contribution in [3.8, 4) is 5.75 Å². The van der Waals surface area contributed by atoms with Gasteiger partial charge in [0.1, 0.15) is 5.75 Å². The van der Waals surface area contributed by atoms with Gasteiger partial charge in [-0.25, -0.2) is 0 Å². The second kappa shape index (κ2) is 7.09. The first kappa shape index (κ1) is 15.4. The van der Waals surface area contributed by atoms with E-state index in [-0.39, 0.29) is 6.54 Å². The highest BCUT2D eigenvalue weighted by molar-refractivity contribution is 5.69. The van der Waals surface area contributed by atoms with Crippen LogP contribution >= 0.6 is 0 Å². The zero-order valence-corrected chi connectivity index (χ0v) is 12.1. The van der Waals surface area contributed by atoms with Gasteiger partial charge < -0.3 is 9.84 Å². The summed E-state index contributed by atoms with van der Waals surface area (Å²) in [5, 5.41) is 8.92. The molecule has 1 aromatic heterocycles. The minimum Gasteiger partial charge on any atom is -0.496 e. The Morgan fingerprint density at radius 3 is 2.68 bits per heavy atom. The van der Waals surface area contributed by atoms with Gasteiger partial charge in [-0.1, -0.05) is 6.92 Å². The Morgan fingerprint density at radius 2 is 2.16 bits per heavy atom. The molecule has 0 saturated heterocycles. The Morgan fingerprint density at radius 1 is 1.47 bits per heavy atom. The summed E-state index contributed by atoms with van der Waals surface area (Å²) in [5.74, 6) is 0.0157. The van der Waals surface area contributed by atoms with Crippen LogP contribution in [0.15, 0.2) is 6.20 Å². The van der Waals surface area contributed by atoms with Crippen molar-refractivity contribution in [1.82, 2.24) is 9.88 Å². The SMILES string of the molecule is CCCN(CC(=O)O)Cc1ncc(C)c(OC)c1C. The number of carboxylic acids is 1. The Kier molecular flexibility index (Phi) is 5.76. The van der Waals surface area contributed by atoms with Crippen LogP contribution in [-0.4, -0.2) is 41.2 Å². The fourth-order valence-corrected chi connectivity index (χ4v) is 2.16. The molecule has 1 heterocycles. The third-order valence-electron chi connectivity index (χ3n) is 3.02. The maximum absolute atomic E-state index is 10.9. The largest absolute Gasteiger partial charge is 0.496 e. The molecule has 0 aliphatic heterocycles. The lowest BCUT2D eigenvalue weighted by Crippen LogP contribution is -2.30. The first-order chi connectivity index (χ1) is 8.99. The lowest BCUT2D eigenvalue weighted by atomic mass is 10.1. The number of aryl methyl sites for hydroxylation is 1. The topological polar surface area (TPSA) is 62.7 Å². The molecule has 0 spiro atoms. The molecule has 0 aliphatic carbocycles. The summed E-state index contributed by atoms with van der Waals surface area (Å²) in [6, 6.07) is 0. The molecule has 19 heavy (non-hydrogen) atoms. The van der Waals surface area contributed by atoms with Crippen LogP contribution in [0.2, 0.25) is 0 Å². The molecule has 0 unspecified atom stereocenters. The Hall–Kier alpha value is -1.62. The highest BCUT2D eigenvalue weighted by atomic mass is 16.5. The molecule has 0 radical (unpaired) electrons. The minimum absolute atomic E-state index is 0.0329. The quantitative estimate of drug-likeness (QED) is 0.818. The molecule has 106 valence electrons. The lowest BCUT2D eigenvalue weighted by molar-refractivity contribution is -0.138. The van der Waals surface area contributed by atoms with Crippen molar-refractivity contribution in [3.05, 3.63) is 23.0 Å². The number of ether oxygens (including phenoxy) is 1. The van der Waals surface area contributed by atoms with Crippen molar-refractivity contribution in [2.24, 2.45) is 0 Å². The average Bonchev–Trinajstić information content (AvgIpc) is 2.33. The summed E-state index contributed by atoms with van der Waals surface area (Å²) in [6.07, 6.45) is 2.68. The van der Waals surface area contributed by atoms with E-state index in [1.807, 2.05) is 25.7 Å². The molecule has 1 rings (SSSR count). The van der Waals surface area contributed by atoms with Crippen LogP contribution < -0.4 is 4.74 Å². The number of rotatable bonds is 7. The van der Waals surface area contributed by atoms with Gasteiger partial charge in [0.2, 0.25) is 0 Å². The maximum atomic E-state index is 10.9. The molecule has 1 N–H and O–H groups in total. The monoisotopic (exact) mass is 266 g/mol. The zero-order chi connectivity index (χ0) is 14.4. The molecule has 5 nitrogen and oxygen atoms in total. The average molecular weight is 266 g/mol. The van der Waals surface area contributed by atoms with Crippen LogP contribution in [0.3, 0.4) is 0 Å². The number of carboxylic acid groups (broad SMARTS) is 1. The lowest BCUT2D eigenvalue weighted by Gasteiger charge is -2.21. The predicted octanol–water partition coefficient (Wildman–Crippen LogP) is 2.00. The van der Waals surface area contributed by atoms with Crippen molar-refractivity contribution in [2.75, 3.05) is 20.2 Å². The summed E-state index contributed by atoms with van der Waals surface area (Å²) >= 11 is 0. The molecular formula is C14H22N2O3. The van der Waals surface area contributed by atoms with E-state index in [4.69, 9.17) is 9.84 Å². The van der Waals surface area contributed by atoms with E-state index in [1.165, 1.54) is 0 Å². The van der Waals surface area contributed by atoms with Crippen LogP contribution in [0.4, 0.5) is 0 Å². The number of pyridine rings is 1. The number of methoxy groups -OCH3 is 1. The number of aliphatic carboxylic acids is 1. The van der Waals surface area contributed by atoms with Crippen LogP contribution in [0.25, 0.3) is 0 Å². The number of hydrogen-bond donors (Lipinski definition) is 1. The summed E-state index contributed by atoms with van der Waals surface area (Å²) < 4.78 is 5.36. The van der Waals surface area contributed by atoms with E-state index in [0.717, 1.165) is 35.5 Å². The van der Waals surface area contributed by atoms with Gasteiger partial charge in [0.25, 0.3) is 0 Å². The van der Waals surface area contributed by atoms with E-state index in [9.17, 15) is 4.79 Å². The van der Waals surface area contributed by atoms with Gasteiger partial charge in [0.05, 0.1) is 19.3 Å². The summed E-state index contributed by atoms with van der Waals surface area (Å²) in [4.78, 5) is 17.1. The predicted molar refractivity (Wildman–Crippen MR) is 73.5 cm³/mol. The minimum atomic E-state index is -0.815. The van der Waals surface area contributed by atoms with Gasteiger partial charge in [-0.2, -0.15) is 0 Å². The fourth-order valence-electron chi connectivity index (χ4n) is 2.16. The molecule has 0 aliphatic rings. The zero-order valence-electron chi connectivity index (χ0n) is 12.1. The van der Waals surface area contributed by atoms with Gasteiger partial charge >= 0.3 is 5.97 Å². The Labute approximate surface area is 114 Å². The standard InChI is InChI=1S/C14H22N2O3/c1-5-6-16(9-13(17)18)8-12-11(3)14(19-4)10(2)7-15-12/h7H,5-6,8-9H2,1-4H3,(H,17,18). The third kappa shape index (κ3) is 4.21. The van der Waals surface area contributed by atoms with E-state index >= 15 is 0 Å². The van der Waals surface area contributed by atoms with E-state index in [0.29, 0.717) is 6.54 Å². The molecule has 0 fully saturated rings.